The predicted molar refractivity (Wildman–Crippen MR) is 89.4 cm³/mol. The van der Waals surface area contributed by atoms with E-state index >= 15 is 0 Å². The minimum Gasteiger partial charge on any atom is -0.353 e. The molecule has 1 N–H and O–H groups in total. The molecule has 2 amide bonds. The first kappa shape index (κ1) is 16.5. The molecule has 1 saturated heterocycles. The molecule has 1 atom stereocenters. The lowest BCUT2D eigenvalue weighted by molar-refractivity contribution is -0.127. The lowest BCUT2D eigenvalue weighted by Crippen LogP contribution is -2.58. The molecule has 2 aromatic carbocycles. The molecular formula is C18H16ClFN2O2. The third-order valence-electron chi connectivity index (χ3n) is 4.03. The molecule has 2 aromatic rings. The number of nitrogens with zero attached hydrogens (tertiary/aromatic N) is 1. The third kappa shape index (κ3) is 3.41. The monoisotopic (exact) mass is 346 g/mol. The first-order chi connectivity index (χ1) is 11.6. The summed E-state index contributed by atoms with van der Waals surface area (Å²) in [5, 5.41) is 2.74. The smallest absolute Gasteiger partial charge is 0.254 e. The van der Waals surface area contributed by atoms with E-state index in [-0.39, 0.29) is 22.4 Å². The van der Waals surface area contributed by atoms with E-state index in [9.17, 15) is 14.0 Å². The van der Waals surface area contributed by atoms with Crippen molar-refractivity contribution in [3.63, 3.8) is 0 Å². The number of nitrogens with one attached hydrogen (secondary N) is 1. The fourth-order valence-corrected chi connectivity index (χ4v) is 2.91. The van der Waals surface area contributed by atoms with Crippen LogP contribution in [-0.2, 0) is 11.2 Å². The maximum Gasteiger partial charge on any atom is 0.254 e. The van der Waals surface area contributed by atoms with Gasteiger partial charge in [-0.25, -0.2) is 4.39 Å². The second-order valence-electron chi connectivity index (χ2n) is 5.62. The molecule has 0 spiro atoms. The maximum absolute atomic E-state index is 13.6. The van der Waals surface area contributed by atoms with Crippen molar-refractivity contribution in [2.45, 2.75) is 12.5 Å². The van der Waals surface area contributed by atoms with Crippen LogP contribution in [0.5, 0.6) is 0 Å². The summed E-state index contributed by atoms with van der Waals surface area (Å²) in [5.41, 5.74) is 1.14. The highest BCUT2D eigenvalue weighted by molar-refractivity contribution is 6.30. The molecule has 24 heavy (non-hydrogen) atoms. The summed E-state index contributed by atoms with van der Waals surface area (Å²) in [6.07, 6.45) is 0.411. The molecule has 0 bridgehead atoms. The Bertz CT molecular complexity index is 767. The van der Waals surface area contributed by atoms with E-state index < -0.39 is 11.9 Å². The molecule has 0 aliphatic carbocycles. The van der Waals surface area contributed by atoms with Gasteiger partial charge in [0.15, 0.2) is 0 Å². The van der Waals surface area contributed by atoms with Crippen LogP contribution < -0.4 is 5.32 Å². The highest BCUT2D eigenvalue weighted by atomic mass is 35.5. The predicted octanol–water partition coefficient (Wildman–Crippen LogP) is 2.66. The quantitative estimate of drug-likeness (QED) is 0.929. The van der Waals surface area contributed by atoms with Crippen LogP contribution in [0.2, 0.25) is 5.02 Å². The van der Waals surface area contributed by atoms with Gasteiger partial charge in [-0.15, -0.1) is 0 Å². The van der Waals surface area contributed by atoms with Crippen molar-refractivity contribution in [3.05, 3.63) is 70.5 Å². The molecule has 1 aliphatic heterocycles. The standard InChI is InChI=1S/C18H16ClFN2O2/c19-14-7-6-13(11-15(14)20)18(24)22-9-8-21-17(23)16(22)10-12-4-2-1-3-5-12/h1-7,11,16H,8-10H2,(H,21,23). The van der Waals surface area contributed by atoms with Crippen LogP contribution in [0, 0.1) is 5.82 Å². The summed E-state index contributed by atoms with van der Waals surface area (Å²) in [4.78, 5) is 26.5. The van der Waals surface area contributed by atoms with E-state index in [1.807, 2.05) is 30.3 Å². The molecule has 0 aromatic heterocycles. The van der Waals surface area contributed by atoms with E-state index in [0.29, 0.717) is 19.5 Å². The Morgan fingerprint density at radius 1 is 1.25 bits per heavy atom. The normalized spacial score (nSPS) is 17.5. The van der Waals surface area contributed by atoms with Crippen LogP contribution >= 0.6 is 11.6 Å². The molecule has 4 nitrogen and oxygen atoms in total. The fourth-order valence-electron chi connectivity index (χ4n) is 2.79. The third-order valence-corrected chi connectivity index (χ3v) is 4.34. The first-order valence-electron chi connectivity index (χ1n) is 7.64. The number of benzene rings is 2. The zero-order chi connectivity index (χ0) is 17.1. The highest BCUT2D eigenvalue weighted by Crippen LogP contribution is 2.19. The Kier molecular flexibility index (Phi) is 4.81. The van der Waals surface area contributed by atoms with E-state index in [0.717, 1.165) is 11.6 Å². The SMILES string of the molecule is O=C1NCCN(C(=O)c2ccc(Cl)c(F)c2)C1Cc1ccccc1. The molecule has 3 rings (SSSR count). The number of rotatable bonds is 3. The van der Waals surface area contributed by atoms with Gasteiger partial charge in [0.2, 0.25) is 5.91 Å². The highest BCUT2D eigenvalue weighted by Gasteiger charge is 2.33. The van der Waals surface area contributed by atoms with Gasteiger partial charge in [-0.2, -0.15) is 0 Å². The van der Waals surface area contributed by atoms with Crippen molar-refractivity contribution in [2.75, 3.05) is 13.1 Å². The average Bonchev–Trinajstić information content (AvgIpc) is 2.59. The van der Waals surface area contributed by atoms with Crippen LogP contribution in [0.25, 0.3) is 0 Å². The van der Waals surface area contributed by atoms with Gasteiger partial charge in [-0.05, 0) is 23.8 Å². The van der Waals surface area contributed by atoms with Crippen LogP contribution in [0.15, 0.2) is 48.5 Å². The van der Waals surface area contributed by atoms with E-state index in [2.05, 4.69) is 5.32 Å². The molecular weight excluding hydrogens is 331 g/mol. The Labute approximate surface area is 144 Å². The van der Waals surface area contributed by atoms with E-state index in [4.69, 9.17) is 11.6 Å². The Morgan fingerprint density at radius 3 is 2.71 bits per heavy atom. The number of carbonyl (C=O) groups is 2. The maximum atomic E-state index is 13.6. The number of hydrogen-bond acceptors (Lipinski definition) is 2. The minimum absolute atomic E-state index is 0.0382. The summed E-state index contributed by atoms with van der Waals surface area (Å²) in [7, 11) is 0. The Balaban J connectivity index is 1.86. The van der Waals surface area contributed by atoms with Crippen LogP contribution in [0.3, 0.4) is 0 Å². The summed E-state index contributed by atoms with van der Waals surface area (Å²) < 4.78 is 13.6. The molecule has 0 saturated carbocycles. The van der Waals surface area contributed by atoms with Crippen molar-refractivity contribution < 1.29 is 14.0 Å². The van der Waals surface area contributed by atoms with Gasteiger partial charge >= 0.3 is 0 Å². The average molecular weight is 347 g/mol. The fraction of sp³-hybridized carbons (Fsp3) is 0.222. The zero-order valence-electron chi connectivity index (χ0n) is 12.8. The van der Waals surface area contributed by atoms with Gasteiger partial charge in [-0.1, -0.05) is 41.9 Å². The van der Waals surface area contributed by atoms with Crippen molar-refractivity contribution in [1.29, 1.82) is 0 Å². The van der Waals surface area contributed by atoms with Gasteiger partial charge < -0.3 is 10.2 Å². The van der Waals surface area contributed by atoms with Crippen molar-refractivity contribution in [3.8, 4) is 0 Å². The molecule has 0 radical (unpaired) electrons. The summed E-state index contributed by atoms with van der Waals surface area (Å²) in [6.45, 7) is 0.762. The molecule has 124 valence electrons. The van der Waals surface area contributed by atoms with Crippen LogP contribution in [0.1, 0.15) is 15.9 Å². The lowest BCUT2D eigenvalue weighted by atomic mass is 10.0. The molecule has 1 fully saturated rings. The van der Waals surface area contributed by atoms with Crippen molar-refractivity contribution >= 4 is 23.4 Å². The van der Waals surface area contributed by atoms with Gasteiger partial charge in [0.05, 0.1) is 5.02 Å². The largest absolute Gasteiger partial charge is 0.353 e. The van der Waals surface area contributed by atoms with Gasteiger partial charge in [0.25, 0.3) is 5.91 Å². The van der Waals surface area contributed by atoms with E-state index in [1.54, 1.807) is 0 Å². The lowest BCUT2D eigenvalue weighted by Gasteiger charge is -2.35. The Morgan fingerprint density at radius 2 is 2.00 bits per heavy atom. The second-order valence-corrected chi connectivity index (χ2v) is 6.03. The molecule has 1 heterocycles. The molecule has 1 unspecified atom stereocenters. The van der Waals surface area contributed by atoms with E-state index in [1.165, 1.54) is 17.0 Å². The number of piperazine rings is 1. The van der Waals surface area contributed by atoms with Gasteiger partial charge in [0.1, 0.15) is 11.9 Å². The number of amides is 2. The Hall–Kier alpha value is -2.40. The first-order valence-corrected chi connectivity index (χ1v) is 8.01. The van der Waals surface area contributed by atoms with Crippen molar-refractivity contribution in [2.24, 2.45) is 0 Å². The van der Waals surface area contributed by atoms with Gasteiger partial charge in [-0.3, -0.25) is 9.59 Å². The second kappa shape index (κ2) is 7.01. The number of carbonyl (C=O) groups excluding carboxylic acids is 2. The van der Waals surface area contributed by atoms with Crippen LogP contribution in [-0.4, -0.2) is 35.8 Å². The summed E-state index contributed by atoms with van der Waals surface area (Å²) in [5.74, 6) is -1.22. The topological polar surface area (TPSA) is 49.4 Å². The number of hydrogen-bond donors (Lipinski definition) is 1. The molecule has 6 heteroatoms. The van der Waals surface area contributed by atoms with Crippen molar-refractivity contribution in [1.82, 2.24) is 10.2 Å². The number of halogens is 2. The van der Waals surface area contributed by atoms with Gasteiger partial charge in [0, 0.05) is 25.1 Å². The zero-order valence-corrected chi connectivity index (χ0v) is 13.6. The summed E-state index contributed by atoms with van der Waals surface area (Å²) in [6, 6.07) is 12.8. The minimum atomic E-state index is -0.649. The summed E-state index contributed by atoms with van der Waals surface area (Å²) >= 11 is 5.67. The molecule has 1 aliphatic rings. The van der Waals surface area contributed by atoms with Crippen LogP contribution in [0.4, 0.5) is 4.39 Å².